The van der Waals surface area contributed by atoms with Crippen molar-refractivity contribution in [1.82, 2.24) is 9.97 Å². The molecule has 1 amide bonds. The monoisotopic (exact) mass is 291 g/mol. The van der Waals surface area contributed by atoms with Gasteiger partial charge in [0.05, 0.1) is 6.61 Å². The second kappa shape index (κ2) is 6.34. The molecule has 1 aromatic heterocycles. The van der Waals surface area contributed by atoms with Gasteiger partial charge in [0.25, 0.3) is 5.91 Å². The van der Waals surface area contributed by atoms with Gasteiger partial charge >= 0.3 is 0 Å². The molecule has 104 valence electrons. The highest BCUT2D eigenvalue weighted by Crippen LogP contribution is 2.20. The number of hydrogen-bond acceptors (Lipinski definition) is 4. The fraction of sp³-hybridized carbons (Fsp3) is 0.214. The van der Waals surface area contributed by atoms with E-state index in [1.165, 1.54) is 12.4 Å². The van der Waals surface area contributed by atoms with Crippen molar-refractivity contribution in [3.05, 3.63) is 46.9 Å². The zero-order valence-electron chi connectivity index (χ0n) is 11.2. The number of rotatable bonds is 4. The molecule has 2 rings (SSSR count). The summed E-state index contributed by atoms with van der Waals surface area (Å²) in [6.45, 7) is 4.19. The number of aromatic nitrogens is 2. The van der Waals surface area contributed by atoms with Crippen LogP contribution in [0.15, 0.2) is 30.6 Å². The fourth-order valence-electron chi connectivity index (χ4n) is 1.64. The molecule has 0 aliphatic rings. The van der Waals surface area contributed by atoms with Crippen molar-refractivity contribution in [2.75, 3.05) is 11.9 Å². The van der Waals surface area contributed by atoms with Crippen LogP contribution in [-0.4, -0.2) is 22.5 Å². The first kappa shape index (κ1) is 14.3. The van der Waals surface area contributed by atoms with E-state index >= 15 is 0 Å². The quantitative estimate of drug-likeness (QED) is 0.940. The average Bonchev–Trinajstić information content (AvgIpc) is 2.42. The molecule has 1 aromatic carbocycles. The van der Waals surface area contributed by atoms with E-state index in [1.54, 1.807) is 18.2 Å². The van der Waals surface area contributed by atoms with E-state index in [9.17, 15) is 4.79 Å². The van der Waals surface area contributed by atoms with E-state index < -0.39 is 0 Å². The Balaban J connectivity index is 2.17. The Morgan fingerprint density at radius 2 is 2.15 bits per heavy atom. The third kappa shape index (κ3) is 3.45. The van der Waals surface area contributed by atoms with Gasteiger partial charge in [-0.3, -0.25) is 4.79 Å². The predicted molar refractivity (Wildman–Crippen MR) is 77.3 cm³/mol. The van der Waals surface area contributed by atoms with Gasteiger partial charge in [-0.15, -0.1) is 0 Å². The molecule has 0 saturated carbocycles. The minimum absolute atomic E-state index is 0.248. The summed E-state index contributed by atoms with van der Waals surface area (Å²) >= 11 is 5.88. The Hall–Kier alpha value is -2.14. The van der Waals surface area contributed by atoms with Crippen molar-refractivity contribution in [3.8, 4) is 5.88 Å². The van der Waals surface area contributed by atoms with Crippen LogP contribution in [0.3, 0.4) is 0 Å². The lowest BCUT2D eigenvalue weighted by molar-refractivity contribution is 0.102. The summed E-state index contributed by atoms with van der Waals surface area (Å²) in [5.41, 5.74) is 1.82. The van der Waals surface area contributed by atoms with Gasteiger partial charge in [0.1, 0.15) is 12.0 Å². The van der Waals surface area contributed by atoms with Crippen LogP contribution < -0.4 is 10.1 Å². The normalized spacial score (nSPS) is 10.2. The largest absolute Gasteiger partial charge is 0.478 e. The molecule has 0 fully saturated rings. The fourth-order valence-corrected chi connectivity index (χ4v) is 1.87. The van der Waals surface area contributed by atoms with Crippen LogP contribution in [-0.2, 0) is 0 Å². The molecule has 0 radical (unpaired) electrons. The molecule has 6 heteroatoms. The van der Waals surface area contributed by atoms with Crippen molar-refractivity contribution in [2.45, 2.75) is 13.8 Å². The first-order valence-corrected chi connectivity index (χ1v) is 6.50. The van der Waals surface area contributed by atoms with Gasteiger partial charge in [0, 0.05) is 16.8 Å². The molecule has 20 heavy (non-hydrogen) atoms. The number of hydrogen-bond donors (Lipinski definition) is 1. The van der Waals surface area contributed by atoms with Crippen LogP contribution in [0, 0.1) is 6.92 Å². The van der Waals surface area contributed by atoms with Crippen molar-refractivity contribution >= 4 is 23.2 Å². The summed E-state index contributed by atoms with van der Waals surface area (Å²) in [5, 5.41) is 3.41. The number of benzene rings is 1. The molecule has 2 aromatic rings. The number of amides is 1. The summed E-state index contributed by atoms with van der Waals surface area (Å²) in [6, 6.07) is 6.75. The highest BCUT2D eigenvalue weighted by Gasteiger charge is 2.11. The van der Waals surface area contributed by atoms with E-state index in [4.69, 9.17) is 16.3 Å². The number of anilines is 1. The number of nitrogens with one attached hydrogen (secondary N) is 1. The van der Waals surface area contributed by atoms with Crippen molar-refractivity contribution < 1.29 is 9.53 Å². The van der Waals surface area contributed by atoms with Crippen LogP contribution >= 0.6 is 11.6 Å². The van der Waals surface area contributed by atoms with Crippen LogP contribution in [0.1, 0.15) is 23.0 Å². The summed E-state index contributed by atoms with van der Waals surface area (Å²) in [5.74, 6) is 0.0549. The highest BCUT2D eigenvalue weighted by molar-refractivity contribution is 6.30. The molecule has 0 atom stereocenters. The van der Waals surface area contributed by atoms with Gasteiger partial charge in [-0.05, 0) is 37.6 Å². The Kier molecular flexibility index (Phi) is 4.53. The topological polar surface area (TPSA) is 64.1 Å². The number of carbonyl (C=O) groups excluding carboxylic acids is 1. The first-order valence-electron chi connectivity index (χ1n) is 6.12. The molecule has 5 nitrogen and oxygen atoms in total. The lowest BCUT2D eigenvalue weighted by Crippen LogP contribution is -2.15. The lowest BCUT2D eigenvalue weighted by Gasteiger charge is -2.08. The molecule has 0 saturated heterocycles. The molecular formula is C14H14ClN3O2. The second-order valence-electron chi connectivity index (χ2n) is 4.09. The third-order valence-electron chi connectivity index (χ3n) is 2.60. The molecule has 1 N–H and O–H groups in total. The molecule has 1 heterocycles. The van der Waals surface area contributed by atoms with E-state index in [-0.39, 0.29) is 11.6 Å². The van der Waals surface area contributed by atoms with Crippen LogP contribution in [0.25, 0.3) is 0 Å². The highest BCUT2D eigenvalue weighted by atomic mass is 35.5. The lowest BCUT2D eigenvalue weighted by atomic mass is 10.2. The summed E-state index contributed by atoms with van der Waals surface area (Å²) in [6.07, 6.45) is 1.30. The van der Waals surface area contributed by atoms with Gasteiger partial charge in [0.15, 0.2) is 0 Å². The van der Waals surface area contributed by atoms with Crippen LogP contribution in [0.4, 0.5) is 5.69 Å². The number of ether oxygens (including phenoxy) is 1. The van der Waals surface area contributed by atoms with E-state index in [1.807, 2.05) is 13.8 Å². The Bertz CT molecular complexity index is 632. The maximum Gasteiger partial charge on any atom is 0.274 e. The number of nitrogens with zero attached hydrogens (tertiary/aromatic N) is 2. The summed E-state index contributed by atoms with van der Waals surface area (Å²) in [4.78, 5) is 20.0. The number of aryl methyl sites for hydroxylation is 1. The Labute approximate surface area is 122 Å². The van der Waals surface area contributed by atoms with Gasteiger partial charge in [-0.25, -0.2) is 9.97 Å². The van der Waals surface area contributed by atoms with E-state index in [2.05, 4.69) is 15.3 Å². The van der Waals surface area contributed by atoms with E-state index in [0.717, 1.165) is 5.56 Å². The van der Waals surface area contributed by atoms with Gasteiger partial charge < -0.3 is 10.1 Å². The van der Waals surface area contributed by atoms with Gasteiger partial charge in [-0.2, -0.15) is 0 Å². The van der Waals surface area contributed by atoms with E-state index in [0.29, 0.717) is 23.2 Å². The minimum atomic E-state index is -0.321. The summed E-state index contributed by atoms with van der Waals surface area (Å²) in [7, 11) is 0. The SMILES string of the molecule is CCOc1cc(C(=O)Nc2ccc(Cl)cc2C)ncn1. The Morgan fingerprint density at radius 3 is 2.85 bits per heavy atom. The minimum Gasteiger partial charge on any atom is -0.478 e. The maximum absolute atomic E-state index is 12.1. The molecule has 0 aliphatic heterocycles. The molecule has 0 unspecified atom stereocenters. The number of carbonyl (C=O) groups is 1. The standard InChI is InChI=1S/C14H14ClN3O2/c1-3-20-13-7-12(16-8-17-13)14(19)18-11-5-4-10(15)6-9(11)2/h4-8H,3H2,1-2H3,(H,18,19). The van der Waals surface area contributed by atoms with Crippen molar-refractivity contribution in [1.29, 1.82) is 0 Å². The van der Waals surface area contributed by atoms with Crippen LogP contribution in [0.2, 0.25) is 5.02 Å². The van der Waals surface area contributed by atoms with Crippen molar-refractivity contribution in [3.63, 3.8) is 0 Å². The molecule has 0 bridgehead atoms. The van der Waals surface area contributed by atoms with Crippen molar-refractivity contribution in [2.24, 2.45) is 0 Å². The second-order valence-corrected chi connectivity index (χ2v) is 4.52. The first-order chi connectivity index (χ1) is 9.60. The number of halogens is 1. The van der Waals surface area contributed by atoms with Gasteiger partial charge in [0.2, 0.25) is 5.88 Å². The predicted octanol–water partition coefficient (Wildman–Crippen LogP) is 3.09. The molecular weight excluding hydrogens is 278 g/mol. The third-order valence-corrected chi connectivity index (χ3v) is 2.84. The zero-order valence-corrected chi connectivity index (χ0v) is 11.9. The molecule has 0 spiro atoms. The summed E-state index contributed by atoms with van der Waals surface area (Å²) < 4.78 is 5.24. The smallest absolute Gasteiger partial charge is 0.274 e. The average molecular weight is 292 g/mol. The van der Waals surface area contributed by atoms with Crippen LogP contribution in [0.5, 0.6) is 5.88 Å². The molecule has 0 aliphatic carbocycles. The Morgan fingerprint density at radius 1 is 1.35 bits per heavy atom. The zero-order chi connectivity index (χ0) is 14.5. The maximum atomic E-state index is 12.1. The van der Waals surface area contributed by atoms with Gasteiger partial charge in [-0.1, -0.05) is 11.6 Å².